The average molecular weight is 862 g/mol. The van der Waals surface area contributed by atoms with E-state index in [0.29, 0.717) is 0 Å². The lowest BCUT2D eigenvalue weighted by Crippen LogP contribution is -2.26. The Kier molecular flexibility index (Phi) is 8.57. The van der Waals surface area contributed by atoms with Gasteiger partial charge in [0.25, 0.3) is 0 Å². The van der Waals surface area contributed by atoms with Crippen LogP contribution >= 0.6 is 0 Å². The van der Waals surface area contributed by atoms with E-state index in [1.807, 2.05) is 0 Å². The van der Waals surface area contributed by atoms with Crippen LogP contribution in [0.2, 0.25) is 0 Å². The fraction of sp³-hybridized carbons (Fsp3) is 0.0149. The summed E-state index contributed by atoms with van der Waals surface area (Å²) in [6, 6.07) is 97.0. The van der Waals surface area contributed by atoms with Crippen LogP contribution in [0.25, 0.3) is 89.0 Å². The molecular weight excluding hydrogens is 819 g/mol. The number of hydrogen-bond acceptors (Lipinski definition) is 1. The molecule has 0 fully saturated rings. The van der Waals surface area contributed by atoms with Crippen LogP contribution in [-0.2, 0) is 5.41 Å². The van der Waals surface area contributed by atoms with Crippen LogP contribution in [0.5, 0.6) is 0 Å². The maximum Gasteiger partial charge on any atom is 0.0726 e. The van der Waals surface area contributed by atoms with Gasteiger partial charge in [-0.1, -0.05) is 224 Å². The maximum atomic E-state index is 2.50. The van der Waals surface area contributed by atoms with Crippen LogP contribution in [0.1, 0.15) is 22.3 Å². The van der Waals surface area contributed by atoms with Crippen molar-refractivity contribution in [1.82, 2.24) is 0 Å². The topological polar surface area (TPSA) is 3.24 Å². The third-order valence-electron chi connectivity index (χ3n) is 14.9. The zero-order chi connectivity index (χ0) is 44.8. The minimum absolute atomic E-state index is 0.460. The molecular formula is C67H43N. The Morgan fingerprint density at radius 1 is 0.191 bits per heavy atom. The third kappa shape index (κ3) is 5.63. The van der Waals surface area contributed by atoms with Crippen molar-refractivity contribution in [3.05, 3.63) is 283 Å². The highest BCUT2D eigenvalue weighted by molar-refractivity contribution is 6.04. The first-order valence-corrected chi connectivity index (χ1v) is 23.7. The van der Waals surface area contributed by atoms with E-state index in [2.05, 4.69) is 266 Å². The first-order chi connectivity index (χ1) is 33.7. The quantitative estimate of drug-likeness (QED) is 0.167. The second kappa shape index (κ2) is 15.1. The van der Waals surface area contributed by atoms with Crippen molar-refractivity contribution in [3.63, 3.8) is 0 Å². The third-order valence-corrected chi connectivity index (χ3v) is 14.9. The van der Waals surface area contributed by atoms with Crippen LogP contribution in [0, 0.1) is 0 Å². The Labute approximate surface area is 397 Å². The van der Waals surface area contributed by atoms with E-state index in [9.17, 15) is 0 Å². The molecule has 3 aliphatic carbocycles. The summed E-state index contributed by atoms with van der Waals surface area (Å²) in [5, 5.41) is 0. The number of fused-ring (bicyclic) bond motifs is 18. The summed E-state index contributed by atoms with van der Waals surface area (Å²) in [4.78, 5) is 2.48. The predicted octanol–water partition coefficient (Wildman–Crippen LogP) is 17.8. The normalized spacial score (nSPS) is 12.8. The summed E-state index contributed by atoms with van der Waals surface area (Å²) in [6.07, 6.45) is 0. The molecule has 316 valence electrons. The second-order valence-electron chi connectivity index (χ2n) is 18.3. The molecule has 1 spiro atoms. The van der Waals surface area contributed by atoms with Crippen molar-refractivity contribution < 1.29 is 0 Å². The van der Waals surface area contributed by atoms with E-state index < -0.39 is 5.41 Å². The first-order valence-electron chi connectivity index (χ1n) is 23.7. The molecule has 0 unspecified atom stereocenters. The van der Waals surface area contributed by atoms with E-state index in [4.69, 9.17) is 0 Å². The van der Waals surface area contributed by atoms with Crippen LogP contribution < -0.4 is 4.90 Å². The van der Waals surface area contributed by atoms with Crippen molar-refractivity contribution in [2.24, 2.45) is 0 Å². The summed E-state index contributed by atoms with van der Waals surface area (Å²) in [5.74, 6) is 0. The van der Waals surface area contributed by atoms with Gasteiger partial charge in [-0.05, 0) is 148 Å². The van der Waals surface area contributed by atoms with E-state index in [-0.39, 0.29) is 0 Å². The van der Waals surface area contributed by atoms with Gasteiger partial charge in [-0.2, -0.15) is 0 Å². The van der Waals surface area contributed by atoms with E-state index in [1.54, 1.807) is 0 Å². The molecule has 0 heterocycles. The highest BCUT2D eigenvalue weighted by Gasteiger charge is 2.51. The predicted molar refractivity (Wildman–Crippen MR) is 284 cm³/mol. The molecule has 11 aromatic rings. The van der Waals surface area contributed by atoms with Crippen LogP contribution in [0.15, 0.2) is 261 Å². The fourth-order valence-electron chi connectivity index (χ4n) is 11.9. The molecule has 0 atom stereocenters. The average Bonchev–Trinajstić information content (AvgIpc) is 3.88. The summed E-state index contributed by atoms with van der Waals surface area (Å²) in [6.45, 7) is 0. The van der Waals surface area contributed by atoms with Gasteiger partial charge in [0.2, 0.25) is 0 Å². The second-order valence-corrected chi connectivity index (χ2v) is 18.3. The number of nitrogens with zero attached hydrogens (tertiary/aromatic N) is 1. The number of hydrogen-bond donors (Lipinski definition) is 0. The molecule has 68 heavy (non-hydrogen) atoms. The zero-order valence-electron chi connectivity index (χ0n) is 37.3. The number of anilines is 3. The molecule has 1 nitrogen and oxygen atoms in total. The van der Waals surface area contributed by atoms with Gasteiger partial charge in [-0.15, -0.1) is 0 Å². The first kappa shape index (κ1) is 38.5. The molecule has 1 heteroatoms. The van der Waals surface area contributed by atoms with Crippen molar-refractivity contribution >= 4 is 17.1 Å². The number of rotatable bonds is 5. The van der Waals surface area contributed by atoms with Gasteiger partial charge in [-0.25, -0.2) is 0 Å². The van der Waals surface area contributed by atoms with Crippen molar-refractivity contribution in [2.45, 2.75) is 5.41 Å². The van der Waals surface area contributed by atoms with Crippen LogP contribution in [-0.4, -0.2) is 0 Å². The Morgan fingerprint density at radius 3 is 0.941 bits per heavy atom. The van der Waals surface area contributed by atoms with Gasteiger partial charge in [-0.3, -0.25) is 0 Å². The Morgan fingerprint density at radius 2 is 0.485 bits per heavy atom. The lowest BCUT2D eigenvalue weighted by Gasteiger charge is -2.32. The van der Waals surface area contributed by atoms with Gasteiger partial charge in [0.05, 0.1) is 5.41 Å². The molecule has 0 bridgehead atoms. The van der Waals surface area contributed by atoms with E-state index in [1.165, 1.54) is 111 Å². The molecule has 3 aliphatic rings. The standard InChI is InChI=1S/C67H43N/c1-2-16-44(17-3-1)45-30-32-46(33-31-45)47-34-36-48(37-35-47)68(49-38-40-57-55-22-7-6-20-53(55)51-18-4-5-19-52(51)54-21-8-9-23-56(54)62(57)42-49)50-39-41-61-60-26-12-15-29-65(60)67(66(61)43-50)63-27-13-10-24-58(63)59-25-11-14-28-64(59)67/h1-43H. The zero-order valence-corrected chi connectivity index (χ0v) is 37.3. The molecule has 0 amide bonds. The van der Waals surface area contributed by atoms with Crippen molar-refractivity contribution in [3.8, 4) is 89.0 Å². The van der Waals surface area contributed by atoms with Gasteiger partial charge in [0.15, 0.2) is 0 Å². The largest absolute Gasteiger partial charge is 0.310 e. The Bertz CT molecular complexity index is 3710. The van der Waals surface area contributed by atoms with E-state index in [0.717, 1.165) is 17.1 Å². The molecule has 14 rings (SSSR count). The van der Waals surface area contributed by atoms with Crippen LogP contribution in [0.3, 0.4) is 0 Å². The highest BCUT2D eigenvalue weighted by atomic mass is 15.1. The smallest absolute Gasteiger partial charge is 0.0726 e. The fourth-order valence-corrected chi connectivity index (χ4v) is 11.9. The minimum Gasteiger partial charge on any atom is -0.310 e. The minimum atomic E-state index is -0.460. The Hall–Kier alpha value is -8.78. The summed E-state index contributed by atoms with van der Waals surface area (Å²) in [5.41, 5.74) is 28.1. The molecule has 0 saturated carbocycles. The van der Waals surface area contributed by atoms with Crippen molar-refractivity contribution in [1.29, 1.82) is 0 Å². The molecule has 0 aliphatic heterocycles. The molecule has 0 saturated heterocycles. The Balaban J connectivity index is 0.986. The van der Waals surface area contributed by atoms with Gasteiger partial charge >= 0.3 is 0 Å². The monoisotopic (exact) mass is 861 g/mol. The summed E-state index contributed by atoms with van der Waals surface area (Å²) < 4.78 is 0. The highest BCUT2D eigenvalue weighted by Crippen LogP contribution is 2.63. The number of benzene rings is 11. The summed E-state index contributed by atoms with van der Waals surface area (Å²) >= 11 is 0. The maximum absolute atomic E-state index is 2.50. The van der Waals surface area contributed by atoms with Gasteiger partial charge in [0.1, 0.15) is 0 Å². The lowest BCUT2D eigenvalue weighted by molar-refractivity contribution is 0.793. The molecule has 11 aromatic carbocycles. The molecule has 0 N–H and O–H groups in total. The van der Waals surface area contributed by atoms with Crippen LogP contribution in [0.4, 0.5) is 17.1 Å². The van der Waals surface area contributed by atoms with Gasteiger partial charge in [0, 0.05) is 17.1 Å². The molecule has 0 radical (unpaired) electrons. The van der Waals surface area contributed by atoms with Gasteiger partial charge < -0.3 is 4.90 Å². The lowest BCUT2D eigenvalue weighted by atomic mass is 9.70. The SMILES string of the molecule is c1ccc(-c2ccc(-c3ccc(N(c4ccc5c(c4)-c4ccccc4-c4ccccc4-c4ccccc4-5)c4ccc5c(c4)C4(c6ccccc6-c6ccccc64)c4ccccc4-5)cc3)cc2)cc1. The summed E-state index contributed by atoms with van der Waals surface area (Å²) in [7, 11) is 0. The van der Waals surface area contributed by atoms with Crippen molar-refractivity contribution in [2.75, 3.05) is 4.90 Å². The molecule has 0 aromatic heterocycles. The van der Waals surface area contributed by atoms with E-state index >= 15 is 0 Å².